The van der Waals surface area contributed by atoms with Gasteiger partial charge in [-0.15, -0.1) is 0 Å². The van der Waals surface area contributed by atoms with E-state index in [1.165, 1.54) is 186 Å². The van der Waals surface area contributed by atoms with Crippen LogP contribution >= 0.6 is 0 Å². The van der Waals surface area contributed by atoms with E-state index in [0.717, 1.165) is 89.9 Å². The van der Waals surface area contributed by atoms with Crippen molar-refractivity contribution in [2.24, 2.45) is 0 Å². The molecule has 0 aromatic rings. The van der Waals surface area contributed by atoms with Crippen LogP contribution in [0.15, 0.2) is 97.2 Å². The Labute approximate surface area is 483 Å². The third kappa shape index (κ3) is 63.2. The van der Waals surface area contributed by atoms with Gasteiger partial charge >= 0.3 is 17.9 Å². The topological polar surface area (TPSA) is 78.9 Å². The zero-order valence-corrected chi connectivity index (χ0v) is 51.4. The molecule has 1 unspecified atom stereocenters. The van der Waals surface area contributed by atoms with Gasteiger partial charge in [-0.2, -0.15) is 0 Å². The molecule has 0 N–H and O–H groups in total. The molecule has 78 heavy (non-hydrogen) atoms. The first kappa shape index (κ1) is 74.3. The van der Waals surface area contributed by atoms with Crippen molar-refractivity contribution in [3.63, 3.8) is 0 Å². The van der Waals surface area contributed by atoms with Crippen LogP contribution in [0.25, 0.3) is 0 Å². The lowest BCUT2D eigenvalue weighted by molar-refractivity contribution is -0.166. The number of esters is 3. The van der Waals surface area contributed by atoms with Gasteiger partial charge in [-0.3, -0.25) is 14.4 Å². The second-order valence-corrected chi connectivity index (χ2v) is 22.0. The Kier molecular flexibility index (Phi) is 62.7. The third-order valence-electron chi connectivity index (χ3n) is 14.3. The first-order valence-electron chi connectivity index (χ1n) is 33.2. The van der Waals surface area contributed by atoms with Crippen LogP contribution in [0.1, 0.15) is 323 Å². The normalized spacial score (nSPS) is 12.7. The van der Waals surface area contributed by atoms with Gasteiger partial charge < -0.3 is 14.2 Å². The first-order valence-corrected chi connectivity index (χ1v) is 33.2. The Morgan fingerprint density at radius 1 is 0.269 bits per heavy atom. The SMILES string of the molecule is CC/C=C\C/C=C\C/C=C\C/C=C\CCCCCCCCCCCCCCCCCCC(=O)OCC(COC(=O)CC/C=C\C/C=C\C/C=C\C/C=C\CC)OC(=O)CCCCCCCCCCCCCCCCCCCC. The van der Waals surface area contributed by atoms with Gasteiger partial charge in [0.05, 0.1) is 0 Å². The van der Waals surface area contributed by atoms with E-state index in [0.29, 0.717) is 19.3 Å². The number of hydrogen-bond acceptors (Lipinski definition) is 6. The van der Waals surface area contributed by atoms with Gasteiger partial charge in [0.2, 0.25) is 0 Å². The van der Waals surface area contributed by atoms with Gasteiger partial charge in [-0.05, 0) is 83.5 Å². The van der Waals surface area contributed by atoms with Crippen LogP contribution in [-0.4, -0.2) is 37.2 Å². The molecule has 0 heterocycles. The standard InChI is InChI=1S/C72H124O6/c1-4-7-10-13-16-19-22-25-27-29-31-32-33-34-35-36-37-38-39-40-41-43-44-47-50-53-56-59-62-65-71(74)77-68-69(67-76-70(73)64-61-58-55-52-49-46-24-21-18-15-12-9-6-3)78-72(75)66-63-60-57-54-51-48-45-42-30-28-26-23-20-17-14-11-8-5-2/h7,9-10,12,16,18-19,21,25,27,31-32,46,49,55,58,69H,4-6,8,11,13-15,17,20,22-24,26,28-30,33-45,47-48,50-54,56-57,59-68H2,1-3H3/b10-7-,12-9-,19-16-,21-18-,27-25-,32-31-,49-46-,58-55-. The van der Waals surface area contributed by atoms with Crippen LogP contribution in [0.4, 0.5) is 0 Å². The van der Waals surface area contributed by atoms with Crippen molar-refractivity contribution in [1.82, 2.24) is 0 Å². The second kappa shape index (κ2) is 65.8. The molecule has 0 radical (unpaired) electrons. The van der Waals surface area contributed by atoms with E-state index >= 15 is 0 Å². The van der Waals surface area contributed by atoms with Gasteiger partial charge in [0, 0.05) is 19.3 Å². The average molecular weight is 1090 g/mol. The van der Waals surface area contributed by atoms with E-state index in [2.05, 4.69) is 112 Å². The highest BCUT2D eigenvalue weighted by Crippen LogP contribution is 2.17. The molecule has 1 atom stereocenters. The molecule has 6 nitrogen and oxygen atoms in total. The molecule has 0 aliphatic carbocycles. The van der Waals surface area contributed by atoms with E-state index in [1.54, 1.807) is 0 Å². The predicted octanol–water partition coefficient (Wildman–Crippen LogP) is 22.8. The lowest BCUT2D eigenvalue weighted by atomic mass is 10.0. The number of hydrogen-bond donors (Lipinski definition) is 0. The molecule has 0 spiro atoms. The van der Waals surface area contributed by atoms with E-state index in [1.807, 2.05) is 6.08 Å². The number of rotatable bonds is 60. The molecular formula is C72H124O6. The zero-order chi connectivity index (χ0) is 56.4. The molecule has 0 amide bonds. The Balaban J connectivity index is 4.25. The molecule has 0 saturated carbocycles. The van der Waals surface area contributed by atoms with Crippen LogP contribution < -0.4 is 0 Å². The summed E-state index contributed by atoms with van der Waals surface area (Å²) in [6, 6.07) is 0. The second-order valence-electron chi connectivity index (χ2n) is 22.0. The summed E-state index contributed by atoms with van der Waals surface area (Å²) >= 11 is 0. The monoisotopic (exact) mass is 1080 g/mol. The highest BCUT2D eigenvalue weighted by Gasteiger charge is 2.19. The van der Waals surface area contributed by atoms with Crippen LogP contribution in [-0.2, 0) is 28.6 Å². The smallest absolute Gasteiger partial charge is 0.306 e. The van der Waals surface area contributed by atoms with Crippen molar-refractivity contribution in [3.05, 3.63) is 97.2 Å². The maximum Gasteiger partial charge on any atom is 0.306 e. The Morgan fingerprint density at radius 2 is 0.526 bits per heavy atom. The third-order valence-corrected chi connectivity index (χ3v) is 14.3. The van der Waals surface area contributed by atoms with E-state index in [9.17, 15) is 14.4 Å². The van der Waals surface area contributed by atoms with Gasteiger partial charge in [-0.1, -0.05) is 317 Å². The van der Waals surface area contributed by atoms with Gasteiger partial charge in [0.15, 0.2) is 6.10 Å². The molecule has 0 aliphatic heterocycles. The highest BCUT2D eigenvalue weighted by atomic mass is 16.6. The number of carbonyl (C=O) groups is 3. The number of ether oxygens (including phenoxy) is 3. The molecule has 0 aromatic heterocycles. The van der Waals surface area contributed by atoms with Crippen LogP contribution in [0.5, 0.6) is 0 Å². The maximum absolute atomic E-state index is 12.9. The quantitative estimate of drug-likeness (QED) is 0.0261. The van der Waals surface area contributed by atoms with Gasteiger partial charge in [0.25, 0.3) is 0 Å². The molecular weight excluding hydrogens is 961 g/mol. The summed E-state index contributed by atoms with van der Waals surface area (Å²) < 4.78 is 16.9. The summed E-state index contributed by atoms with van der Waals surface area (Å²) in [5, 5.41) is 0. The van der Waals surface area contributed by atoms with Crippen LogP contribution in [0.2, 0.25) is 0 Å². The average Bonchev–Trinajstić information content (AvgIpc) is 3.44. The number of carbonyl (C=O) groups excluding carboxylic acids is 3. The van der Waals surface area contributed by atoms with Crippen LogP contribution in [0.3, 0.4) is 0 Å². The summed E-state index contributed by atoms with van der Waals surface area (Å²) in [5.41, 5.74) is 0. The van der Waals surface area contributed by atoms with Gasteiger partial charge in [-0.25, -0.2) is 0 Å². The largest absolute Gasteiger partial charge is 0.462 e. The molecule has 0 aromatic carbocycles. The fraction of sp³-hybridized carbons (Fsp3) is 0.736. The van der Waals surface area contributed by atoms with Gasteiger partial charge in [0.1, 0.15) is 13.2 Å². The predicted molar refractivity (Wildman–Crippen MR) is 339 cm³/mol. The zero-order valence-electron chi connectivity index (χ0n) is 51.4. The molecule has 6 heteroatoms. The molecule has 0 fully saturated rings. The number of allylic oxidation sites excluding steroid dienone is 16. The van der Waals surface area contributed by atoms with E-state index < -0.39 is 6.10 Å². The van der Waals surface area contributed by atoms with E-state index in [4.69, 9.17) is 14.2 Å². The van der Waals surface area contributed by atoms with Crippen molar-refractivity contribution in [3.8, 4) is 0 Å². The van der Waals surface area contributed by atoms with Crippen molar-refractivity contribution < 1.29 is 28.6 Å². The van der Waals surface area contributed by atoms with E-state index in [-0.39, 0.29) is 37.5 Å². The lowest BCUT2D eigenvalue weighted by Gasteiger charge is -2.18. The lowest BCUT2D eigenvalue weighted by Crippen LogP contribution is -2.30. The molecule has 0 saturated heterocycles. The first-order chi connectivity index (χ1) is 38.5. The Morgan fingerprint density at radius 3 is 0.859 bits per heavy atom. The van der Waals surface area contributed by atoms with Crippen molar-refractivity contribution in [2.75, 3.05) is 13.2 Å². The highest BCUT2D eigenvalue weighted by molar-refractivity contribution is 5.71. The summed E-state index contributed by atoms with van der Waals surface area (Å²) in [6.45, 7) is 6.39. The summed E-state index contributed by atoms with van der Waals surface area (Å²) in [5.74, 6) is -0.966. The minimum atomic E-state index is -0.805. The van der Waals surface area contributed by atoms with Crippen molar-refractivity contribution >= 4 is 17.9 Å². The summed E-state index contributed by atoms with van der Waals surface area (Å²) in [6.07, 6.45) is 88.8. The summed E-state index contributed by atoms with van der Waals surface area (Å²) in [4.78, 5) is 38.3. The molecule has 0 rings (SSSR count). The molecule has 0 bridgehead atoms. The van der Waals surface area contributed by atoms with Crippen molar-refractivity contribution in [1.29, 1.82) is 0 Å². The molecule has 448 valence electrons. The minimum absolute atomic E-state index is 0.0956. The fourth-order valence-electron chi connectivity index (χ4n) is 9.45. The minimum Gasteiger partial charge on any atom is -0.462 e. The summed E-state index contributed by atoms with van der Waals surface area (Å²) in [7, 11) is 0. The number of unbranched alkanes of at least 4 members (excludes halogenated alkanes) is 33. The Hall–Kier alpha value is -3.67. The fourth-order valence-corrected chi connectivity index (χ4v) is 9.45. The van der Waals surface area contributed by atoms with Crippen molar-refractivity contribution in [2.45, 2.75) is 329 Å². The Bertz CT molecular complexity index is 1530. The molecule has 0 aliphatic rings. The maximum atomic E-state index is 12.9. The van der Waals surface area contributed by atoms with Crippen LogP contribution in [0, 0.1) is 0 Å².